The predicted octanol–water partition coefficient (Wildman–Crippen LogP) is 3.40. The average Bonchev–Trinajstić information content (AvgIpc) is 2.94. The van der Waals surface area contributed by atoms with Crippen molar-refractivity contribution in [2.24, 2.45) is 0 Å². The van der Waals surface area contributed by atoms with Gasteiger partial charge in [0, 0.05) is 36.2 Å². The van der Waals surface area contributed by atoms with Crippen molar-refractivity contribution in [3.63, 3.8) is 0 Å². The molecular weight excluding hydrogens is 424 g/mol. The van der Waals surface area contributed by atoms with Gasteiger partial charge in [-0.05, 0) is 55.8 Å². The van der Waals surface area contributed by atoms with Gasteiger partial charge in [-0.15, -0.1) is 0 Å². The van der Waals surface area contributed by atoms with Gasteiger partial charge >= 0.3 is 6.09 Å². The molecule has 0 atom stereocenters. The van der Waals surface area contributed by atoms with Crippen molar-refractivity contribution in [3.8, 4) is 0 Å². The average molecular weight is 447 g/mol. The molecule has 0 N–H and O–H groups in total. The van der Waals surface area contributed by atoms with Crippen LogP contribution in [0.1, 0.15) is 26.5 Å². The molecule has 0 aromatic carbocycles. The van der Waals surface area contributed by atoms with Crippen LogP contribution < -0.4 is 4.90 Å². The van der Waals surface area contributed by atoms with E-state index in [2.05, 4.69) is 30.9 Å². The van der Waals surface area contributed by atoms with Gasteiger partial charge in [0.05, 0.1) is 17.3 Å². The zero-order chi connectivity index (χ0) is 20.2. The van der Waals surface area contributed by atoms with E-state index in [4.69, 9.17) is 9.72 Å². The molecule has 0 radical (unpaired) electrons. The second-order valence-corrected chi connectivity index (χ2v) is 9.08. The van der Waals surface area contributed by atoms with Gasteiger partial charge in [0.15, 0.2) is 5.65 Å². The van der Waals surface area contributed by atoms with E-state index >= 15 is 0 Å². The van der Waals surface area contributed by atoms with Crippen molar-refractivity contribution in [2.45, 2.75) is 39.3 Å². The number of carbonyl (C=O) groups is 1. The highest BCUT2D eigenvalue weighted by Gasteiger charge is 2.36. The Hall–Kier alpha value is -2.42. The van der Waals surface area contributed by atoms with Gasteiger partial charge in [0.25, 0.3) is 0 Å². The van der Waals surface area contributed by atoms with Gasteiger partial charge in [-0.2, -0.15) is 14.6 Å². The zero-order valence-electron chi connectivity index (χ0n) is 16.6. The highest BCUT2D eigenvalue weighted by molar-refractivity contribution is 9.10. The molecule has 28 heavy (non-hydrogen) atoms. The fraction of sp³-hybridized carbons (Fsp3) is 0.474. The highest BCUT2D eigenvalue weighted by Crippen LogP contribution is 2.29. The predicted molar refractivity (Wildman–Crippen MR) is 111 cm³/mol. The first-order valence-corrected chi connectivity index (χ1v) is 9.94. The van der Waals surface area contributed by atoms with E-state index in [1.165, 1.54) is 0 Å². The molecule has 8 nitrogen and oxygen atoms in total. The van der Waals surface area contributed by atoms with E-state index in [-0.39, 0.29) is 12.1 Å². The molecule has 148 valence electrons. The van der Waals surface area contributed by atoms with E-state index < -0.39 is 5.60 Å². The van der Waals surface area contributed by atoms with E-state index in [9.17, 15) is 4.79 Å². The highest BCUT2D eigenvalue weighted by atomic mass is 79.9. The Kier molecular flexibility index (Phi) is 4.45. The Labute approximate surface area is 171 Å². The number of hydrogen-bond donors (Lipinski definition) is 0. The molecule has 0 spiro atoms. The third-order valence-corrected chi connectivity index (χ3v) is 5.14. The number of amides is 1. The number of rotatable bonds is 2. The zero-order valence-corrected chi connectivity index (χ0v) is 18.2. The fourth-order valence-corrected chi connectivity index (χ4v) is 3.58. The van der Waals surface area contributed by atoms with Gasteiger partial charge in [0.2, 0.25) is 5.95 Å². The van der Waals surface area contributed by atoms with E-state index in [0.717, 1.165) is 27.0 Å². The lowest BCUT2D eigenvalue weighted by Gasteiger charge is -2.44. The normalized spacial score (nSPS) is 15.1. The summed E-state index contributed by atoms with van der Waals surface area (Å²) in [5.74, 6) is 0.735. The summed E-state index contributed by atoms with van der Waals surface area (Å²) in [5.41, 5.74) is 2.05. The maximum Gasteiger partial charge on any atom is 0.410 e. The minimum Gasteiger partial charge on any atom is -0.444 e. The standard InChI is InChI=1S/C19H23BrN6O2/c1-11-6-15-14-7-12(20)8-21-16(14)22-17(26(15)23-11)25-9-13(10-25)24(5)18(27)28-19(2,3)4/h6-8,13H,9-10H2,1-5H3. The van der Waals surface area contributed by atoms with Crippen molar-refractivity contribution in [2.75, 3.05) is 25.0 Å². The van der Waals surface area contributed by atoms with Crippen molar-refractivity contribution in [1.82, 2.24) is 24.5 Å². The summed E-state index contributed by atoms with van der Waals surface area (Å²) < 4.78 is 8.22. The summed E-state index contributed by atoms with van der Waals surface area (Å²) in [6.07, 6.45) is 1.43. The summed E-state index contributed by atoms with van der Waals surface area (Å²) in [6, 6.07) is 4.10. The molecule has 3 aromatic rings. The Morgan fingerprint density at radius 1 is 1.32 bits per heavy atom. The van der Waals surface area contributed by atoms with Crippen molar-refractivity contribution >= 4 is 44.5 Å². The van der Waals surface area contributed by atoms with Gasteiger partial charge in [0.1, 0.15) is 5.60 Å². The van der Waals surface area contributed by atoms with Crippen molar-refractivity contribution in [1.29, 1.82) is 0 Å². The van der Waals surface area contributed by atoms with Gasteiger partial charge < -0.3 is 14.5 Å². The Balaban J connectivity index is 1.61. The van der Waals surface area contributed by atoms with E-state index in [0.29, 0.717) is 18.7 Å². The summed E-state index contributed by atoms with van der Waals surface area (Å²) in [6.45, 7) is 8.90. The molecule has 1 saturated heterocycles. The maximum atomic E-state index is 12.3. The third-order valence-electron chi connectivity index (χ3n) is 4.71. The largest absolute Gasteiger partial charge is 0.444 e. The molecular formula is C19H23BrN6O2. The summed E-state index contributed by atoms with van der Waals surface area (Å²) in [5, 5.41) is 5.56. The smallest absolute Gasteiger partial charge is 0.410 e. The summed E-state index contributed by atoms with van der Waals surface area (Å²) in [7, 11) is 1.77. The molecule has 9 heteroatoms. The Morgan fingerprint density at radius 2 is 2.04 bits per heavy atom. The number of likely N-dealkylation sites (N-methyl/N-ethyl adjacent to an activating group) is 1. The molecule has 1 aliphatic heterocycles. The number of hydrogen-bond acceptors (Lipinski definition) is 6. The number of pyridine rings is 1. The quantitative estimate of drug-likeness (QED) is 0.600. The SMILES string of the molecule is Cc1cc2c3cc(Br)cnc3nc(N3CC(N(C)C(=O)OC(C)(C)C)C3)n2n1. The second-order valence-electron chi connectivity index (χ2n) is 8.17. The Morgan fingerprint density at radius 3 is 2.71 bits per heavy atom. The van der Waals surface area contributed by atoms with Crippen LogP contribution in [0.15, 0.2) is 22.8 Å². The monoisotopic (exact) mass is 446 g/mol. The molecule has 0 bridgehead atoms. The first-order valence-electron chi connectivity index (χ1n) is 9.15. The number of aryl methyl sites for hydroxylation is 1. The van der Waals surface area contributed by atoms with Gasteiger partial charge in [-0.1, -0.05) is 0 Å². The molecule has 1 aliphatic rings. The summed E-state index contributed by atoms with van der Waals surface area (Å²) in [4.78, 5) is 25.2. The first kappa shape index (κ1) is 18.9. The second kappa shape index (κ2) is 6.58. The van der Waals surface area contributed by atoms with Crippen LogP contribution in [0.25, 0.3) is 16.6 Å². The molecule has 4 heterocycles. The first-order chi connectivity index (χ1) is 13.1. The number of ether oxygens (including phenoxy) is 1. The molecule has 0 saturated carbocycles. The topological polar surface area (TPSA) is 75.9 Å². The van der Waals surface area contributed by atoms with Crippen LogP contribution in [0.4, 0.5) is 10.7 Å². The van der Waals surface area contributed by atoms with Crippen LogP contribution in [0, 0.1) is 6.92 Å². The van der Waals surface area contributed by atoms with Crippen molar-refractivity contribution < 1.29 is 9.53 Å². The van der Waals surface area contributed by atoms with Crippen LogP contribution in [-0.2, 0) is 4.74 Å². The lowest BCUT2D eigenvalue weighted by molar-refractivity contribution is 0.0196. The number of carbonyl (C=O) groups excluding carboxylic acids is 1. The molecule has 0 unspecified atom stereocenters. The van der Waals surface area contributed by atoms with E-state index in [1.54, 1.807) is 18.1 Å². The minimum absolute atomic E-state index is 0.0666. The molecule has 4 rings (SSSR count). The van der Waals surface area contributed by atoms with Crippen LogP contribution in [-0.4, -0.2) is 62.4 Å². The third kappa shape index (κ3) is 3.39. The van der Waals surface area contributed by atoms with Crippen LogP contribution in [0.3, 0.4) is 0 Å². The summed E-state index contributed by atoms with van der Waals surface area (Å²) >= 11 is 3.48. The van der Waals surface area contributed by atoms with Crippen LogP contribution in [0.2, 0.25) is 0 Å². The number of aromatic nitrogens is 4. The molecule has 3 aromatic heterocycles. The van der Waals surface area contributed by atoms with Crippen molar-refractivity contribution in [3.05, 3.63) is 28.5 Å². The molecule has 1 amide bonds. The van der Waals surface area contributed by atoms with Crippen LogP contribution >= 0.6 is 15.9 Å². The minimum atomic E-state index is -0.507. The number of anilines is 1. The Bertz CT molecular complexity index is 1070. The number of halogens is 1. The van der Waals surface area contributed by atoms with Crippen LogP contribution in [0.5, 0.6) is 0 Å². The molecule has 1 fully saturated rings. The van der Waals surface area contributed by atoms with Gasteiger partial charge in [-0.25, -0.2) is 9.78 Å². The fourth-order valence-electron chi connectivity index (χ4n) is 3.25. The maximum absolute atomic E-state index is 12.3. The van der Waals surface area contributed by atoms with E-state index in [1.807, 2.05) is 44.3 Å². The van der Waals surface area contributed by atoms with Gasteiger partial charge in [-0.3, -0.25) is 0 Å². The lowest BCUT2D eigenvalue weighted by Crippen LogP contribution is -2.61. The number of nitrogens with zero attached hydrogens (tertiary/aromatic N) is 6. The lowest BCUT2D eigenvalue weighted by atomic mass is 10.1. The number of fused-ring (bicyclic) bond motifs is 3. The molecule has 0 aliphatic carbocycles.